The molecule has 3 rings (SSSR count). The van der Waals surface area contributed by atoms with Crippen molar-refractivity contribution in [1.82, 2.24) is 4.90 Å². The zero-order valence-corrected chi connectivity index (χ0v) is 12.7. The van der Waals surface area contributed by atoms with Crippen LogP contribution < -0.4 is 9.47 Å². The summed E-state index contributed by atoms with van der Waals surface area (Å²) in [5.41, 5.74) is 2.13. The summed E-state index contributed by atoms with van der Waals surface area (Å²) < 4.78 is 11.3. The first-order valence-corrected chi connectivity index (χ1v) is 7.52. The van der Waals surface area contributed by atoms with E-state index in [1.54, 1.807) is 0 Å². The Morgan fingerprint density at radius 2 is 1.77 bits per heavy atom. The van der Waals surface area contributed by atoms with Crippen LogP contribution in [0, 0.1) is 0 Å². The summed E-state index contributed by atoms with van der Waals surface area (Å²) in [6.07, 6.45) is -0.446. The van der Waals surface area contributed by atoms with Crippen LogP contribution in [0.3, 0.4) is 0 Å². The second-order valence-corrected chi connectivity index (χ2v) is 5.58. The Labute approximate surface area is 130 Å². The Morgan fingerprint density at radius 3 is 2.55 bits per heavy atom. The topological polar surface area (TPSA) is 41.9 Å². The predicted octanol–water partition coefficient (Wildman–Crippen LogP) is 2.62. The molecule has 1 N–H and O–H groups in total. The van der Waals surface area contributed by atoms with Crippen LogP contribution in [0.2, 0.25) is 0 Å². The van der Waals surface area contributed by atoms with Crippen molar-refractivity contribution in [2.45, 2.75) is 12.6 Å². The van der Waals surface area contributed by atoms with Gasteiger partial charge in [0.15, 0.2) is 0 Å². The van der Waals surface area contributed by atoms with Crippen LogP contribution in [0.1, 0.15) is 17.2 Å². The van der Waals surface area contributed by atoms with Crippen molar-refractivity contribution in [3.05, 3.63) is 59.7 Å². The Morgan fingerprint density at radius 1 is 1.05 bits per heavy atom. The van der Waals surface area contributed by atoms with Crippen LogP contribution >= 0.6 is 0 Å². The Balaban J connectivity index is 1.54. The molecule has 2 aromatic carbocycles. The zero-order chi connectivity index (χ0) is 15.4. The van der Waals surface area contributed by atoms with E-state index in [2.05, 4.69) is 4.90 Å². The molecule has 4 heteroatoms. The molecule has 1 heterocycles. The summed E-state index contributed by atoms with van der Waals surface area (Å²) in [5.74, 6) is 1.62. The van der Waals surface area contributed by atoms with E-state index in [0.717, 1.165) is 29.2 Å². The molecular formula is C18H21NO3. The Kier molecular flexibility index (Phi) is 4.61. The molecule has 0 aromatic heterocycles. The highest BCUT2D eigenvalue weighted by atomic mass is 16.5. The molecule has 0 radical (unpaired) electrons. The van der Waals surface area contributed by atoms with Gasteiger partial charge in [-0.2, -0.15) is 0 Å². The van der Waals surface area contributed by atoms with Gasteiger partial charge in [-0.15, -0.1) is 0 Å². The third-order valence-corrected chi connectivity index (χ3v) is 3.77. The van der Waals surface area contributed by atoms with E-state index in [4.69, 9.17) is 9.47 Å². The van der Waals surface area contributed by atoms with E-state index in [-0.39, 0.29) is 0 Å². The van der Waals surface area contributed by atoms with Gasteiger partial charge in [0.2, 0.25) is 0 Å². The highest BCUT2D eigenvalue weighted by molar-refractivity contribution is 5.38. The molecular weight excluding hydrogens is 278 g/mol. The maximum atomic E-state index is 10.2. The molecule has 1 aliphatic heterocycles. The van der Waals surface area contributed by atoms with Crippen LogP contribution in [0.25, 0.3) is 0 Å². The van der Waals surface area contributed by atoms with Crippen molar-refractivity contribution in [2.24, 2.45) is 0 Å². The number of ether oxygens (including phenoxy) is 2. The molecule has 0 amide bonds. The van der Waals surface area contributed by atoms with Gasteiger partial charge in [-0.1, -0.05) is 24.3 Å². The van der Waals surface area contributed by atoms with Gasteiger partial charge < -0.3 is 14.6 Å². The molecule has 0 bridgehead atoms. The van der Waals surface area contributed by atoms with Crippen LogP contribution in [-0.2, 0) is 6.54 Å². The molecule has 0 saturated heterocycles. The van der Waals surface area contributed by atoms with E-state index < -0.39 is 6.10 Å². The number of nitrogens with zero attached hydrogens (tertiary/aromatic N) is 1. The fourth-order valence-corrected chi connectivity index (χ4v) is 2.70. The molecule has 116 valence electrons. The number of likely N-dealkylation sites (N-methyl/N-ethyl adjacent to an activating group) is 1. The average molecular weight is 299 g/mol. The molecule has 1 atom stereocenters. The summed E-state index contributed by atoms with van der Waals surface area (Å²) in [6, 6.07) is 15.6. The lowest BCUT2D eigenvalue weighted by Crippen LogP contribution is -2.30. The quantitative estimate of drug-likeness (QED) is 0.862. The number of aliphatic hydroxyl groups is 1. The van der Waals surface area contributed by atoms with Crippen molar-refractivity contribution >= 4 is 0 Å². The van der Waals surface area contributed by atoms with Gasteiger partial charge in [0.05, 0.1) is 6.10 Å². The maximum Gasteiger partial charge on any atom is 0.122 e. The largest absolute Gasteiger partial charge is 0.490 e. The molecule has 0 unspecified atom stereocenters. The van der Waals surface area contributed by atoms with Crippen molar-refractivity contribution in [1.29, 1.82) is 0 Å². The van der Waals surface area contributed by atoms with Crippen molar-refractivity contribution < 1.29 is 14.6 Å². The first-order valence-electron chi connectivity index (χ1n) is 7.52. The molecule has 0 spiro atoms. The van der Waals surface area contributed by atoms with E-state index >= 15 is 0 Å². The van der Waals surface area contributed by atoms with Crippen molar-refractivity contribution in [2.75, 3.05) is 26.8 Å². The van der Waals surface area contributed by atoms with Crippen LogP contribution in [0.4, 0.5) is 0 Å². The van der Waals surface area contributed by atoms with E-state index in [1.165, 1.54) is 0 Å². The number of para-hydroxylation sites is 1. The summed E-state index contributed by atoms with van der Waals surface area (Å²) in [5, 5.41) is 10.2. The third-order valence-electron chi connectivity index (χ3n) is 3.77. The van der Waals surface area contributed by atoms with Crippen LogP contribution in [0.15, 0.2) is 48.5 Å². The Hall–Kier alpha value is -2.04. The molecule has 1 aliphatic rings. The minimum Gasteiger partial charge on any atom is -0.490 e. The van der Waals surface area contributed by atoms with Crippen molar-refractivity contribution in [3.8, 4) is 11.5 Å². The number of β-amino-alcohol motifs (C(OH)–C–C–N with tert-alkyl or cyclic N) is 1. The van der Waals surface area contributed by atoms with Crippen LogP contribution in [0.5, 0.6) is 11.5 Å². The van der Waals surface area contributed by atoms with Gasteiger partial charge >= 0.3 is 0 Å². The van der Waals surface area contributed by atoms with E-state index in [1.807, 2.05) is 55.6 Å². The Bertz CT molecular complexity index is 615. The summed E-state index contributed by atoms with van der Waals surface area (Å²) in [7, 11) is 2.01. The minimum absolute atomic E-state index is 0.446. The molecule has 0 saturated carbocycles. The number of aliphatic hydroxyl groups excluding tert-OH is 1. The number of hydrogen-bond acceptors (Lipinski definition) is 4. The summed E-state index contributed by atoms with van der Waals surface area (Å²) in [4.78, 5) is 2.11. The number of rotatable bonds is 5. The van der Waals surface area contributed by atoms with Gasteiger partial charge in [0.1, 0.15) is 24.7 Å². The monoisotopic (exact) mass is 299 g/mol. The third kappa shape index (κ3) is 3.59. The predicted molar refractivity (Wildman–Crippen MR) is 85.2 cm³/mol. The summed E-state index contributed by atoms with van der Waals surface area (Å²) >= 11 is 0. The normalized spacial score (nSPS) is 17.8. The van der Waals surface area contributed by atoms with Gasteiger partial charge in [0, 0.05) is 13.1 Å². The lowest BCUT2D eigenvalue weighted by atomic mass is 9.97. The fraction of sp³-hybridized carbons (Fsp3) is 0.333. The van der Waals surface area contributed by atoms with Crippen LogP contribution in [-0.4, -0.2) is 36.8 Å². The second kappa shape index (κ2) is 6.81. The summed E-state index contributed by atoms with van der Waals surface area (Å²) in [6.45, 7) is 2.49. The van der Waals surface area contributed by atoms with E-state index in [9.17, 15) is 5.11 Å². The van der Waals surface area contributed by atoms with Crippen molar-refractivity contribution in [3.63, 3.8) is 0 Å². The van der Waals surface area contributed by atoms with Gasteiger partial charge in [-0.05, 0) is 42.4 Å². The lowest BCUT2D eigenvalue weighted by molar-refractivity contribution is 0.107. The standard InChI is InChI=1S/C18H21NO3/c1-19-12-14-7-8-16(11-17(14)18(20)13-19)22-10-9-21-15-5-3-2-4-6-15/h2-8,11,18,20H,9-10,12-13H2,1H3/t18-/m0/s1. The first-order chi connectivity index (χ1) is 10.7. The molecule has 4 nitrogen and oxygen atoms in total. The molecule has 0 aliphatic carbocycles. The van der Waals surface area contributed by atoms with E-state index in [0.29, 0.717) is 19.8 Å². The molecule has 0 fully saturated rings. The smallest absolute Gasteiger partial charge is 0.122 e. The number of benzene rings is 2. The fourth-order valence-electron chi connectivity index (χ4n) is 2.70. The highest BCUT2D eigenvalue weighted by Crippen LogP contribution is 2.29. The minimum atomic E-state index is -0.446. The number of fused-ring (bicyclic) bond motifs is 1. The SMILES string of the molecule is CN1Cc2ccc(OCCOc3ccccc3)cc2[C@@H](O)C1. The maximum absolute atomic E-state index is 10.2. The van der Waals surface area contributed by atoms with Gasteiger partial charge in [-0.25, -0.2) is 0 Å². The number of hydrogen-bond donors (Lipinski definition) is 1. The lowest BCUT2D eigenvalue weighted by Gasteiger charge is -2.29. The first kappa shape index (κ1) is 14.9. The highest BCUT2D eigenvalue weighted by Gasteiger charge is 2.21. The second-order valence-electron chi connectivity index (χ2n) is 5.58. The molecule has 2 aromatic rings. The zero-order valence-electron chi connectivity index (χ0n) is 12.7. The van der Waals surface area contributed by atoms with Gasteiger partial charge in [0.25, 0.3) is 0 Å². The average Bonchev–Trinajstić information content (AvgIpc) is 2.53. The molecule has 22 heavy (non-hydrogen) atoms. The van der Waals surface area contributed by atoms with Gasteiger partial charge in [-0.3, -0.25) is 4.90 Å².